The van der Waals surface area contributed by atoms with Crippen LogP contribution >= 0.6 is 0 Å². The SMILES string of the molecule is O=C(CCc1ccc2c(c1)ONO2)NCc1cc(-c2ccc(F)c(F)c2)no1. The smallest absolute Gasteiger partial charge is 0.220 e. The second kappa shape index (κ2) is 7.65. The van der Waals surface area contributed by atoms with Gasteiger partial charge in [0.25, 0.3) is 0 Å². The lowest BCUT2D eigenvalue weighted by Crippen LogP contribution is -2.22. The van der Waals surface area contributed by atoms with Gasteiger partial charge in [0.1, 0.15) is 5.69 Å². The number of rotatable bonds is 6. The van der Waals surface area contributed by atoms with Crippen molar-refractivity contribution in [1.82, 2.24) is 16.1 Å². The highest BCUT2D eigenvalue weighted by atomic mass is 19.2. The highest BCUT2D eigenvalue weighted by Gasteiger charge is 2.15. The van der Waals surface area contributed by atoms with Gasteiger partial charge in [-0.05, 0) is 42.3 Å². The zero-order valence-corrected chi connectivity index (χ0v) is 14.5. The molecule has 1 aliphatic rings. The predicted octanol–water partition coefficient (Wildman–Crippen LogP) is 3.06. The summed E-state index contributed by atoms with van der Waals surface area (Å²) in [5.41, 5.74) is 3.98. The number of halogens is 2. The molecule has 2 N–H and O–H groups in total. The maximum absolute atomic E-state index is 13.3. The summed E-state index contributed by atoms with van der Waals surface area (Å²) in [5.74, 6) is -0.489. The number of hydrogen-bond acceptors (Lipinski definition) is 6. The van der Waals surface area contributed by atoms with Gasteiger partial charge < -0.3 is 19.5 Å². The molecule has 0 bridgehead atoms. The number of amides is 1. The molecule has 0 spiro atoms. The third kappa shape index (κ3) is 3.94. The zero-order chi connectivity index (χ0) is 19.5. The summed E-state index contributed by atoms with van der Waals surface area (Å²) in [6.07, 6.45) is 0.802. The predicted molar refractivity (Wildman–Crippen MR) is 92.9 cm³/mol. The maximum Gasteiger partial charge on any atom is 0.220 e. The number of nitrogens with zero attached hydrogens (tertiary/aromatic N) is 1. The largest absolute Gasteiger partial charge is 0.370 e. The van der Waals surface area contributed by atoms with E-state index in [1.54, 1.807) is 18.2 Å². The van der Waals surface area contributed by atoms with E-state index in [0.717, 1.165) is 17.7 Å². The summed E-state index contributed by atoms with van der Waals surface area (Å²) >= 11 is 0. The Hall–Kier alpha value is -3.46. The van der Waals surface area contributed by atoms with Gasteiger partial charge in [0.05, 0.1) is 6.54 Å². The molecule has 0 radical (unpaired) electrons. The third-order valence-electron chi connectivity index (χ3n) is 4.19. The number of carbonyl (C=O) groups is 1. The monoisotopic (exact) mass is 387 g/mol. The van der Waals surface area contributed by atoms with Crippen molar-refractivity contribution < 1.29 is 27.8 Å². The molecule has 28 heavy (non-hydrogen) atoms. The van der Waals surface area contributed by atoms with Gasteiger partial charge >= 0.3 is 0 Å². The van der Waals surface area contributed by atoms with Crippen LogP contribution in [-0.4, -0.2) is 11.1 Å². The van der Waals surface area contributed by atoms with Crippen molar-refractivity contribution in [2.45, 2.75) is 19.4 Å². The van der Waals surface area contributed by atoms with E-state index < -0.39 is 11.6 Å². The molecule has 2 aromatic carbocycles. The van der Waals surface area contributed by atoms with Crippen LogP contribution < -0.4 is 20.6 Å². The van der Waals surface area contributed by atoms with Gasteiger partial charge in [0.15, 0.2) is 28.9 Å². The van der Waals surface area contributed by atoms with Crippen molar-refractivity contribution in [3.63, 3.8) is 0 Å². The summed E-state index contributed by atoms with van der Waals surface area (Å²) < 4.78 is 31.5. The highest BCUT2D eigenvalue weighted by Crippen LogP contribution is 2.31. The summed E-state index contributed by atoms with van der Waals surface area (Å²) in [4.78, 5) is 22.1. The van der Waals surface area contributed by atoms with Gasteiger partial charge in [-0.1, -0.05) is 11.2 Å². The number of carbonyl (C=O) groups excluding carboxylic acids is 1. The number of fused-ring (bicyclic) bond motifs is 1. The molecule has 0 saturated carbocycles. The standard InChI is InChI=1S/C19H15F2N3O4/c20-14-4-3-12(8-15(14)21)16-9-13(26-23-16)10-22-19(25)6-2-11-1-5-17-18(7-11)28-24-27-17/h1,3-5,7-9,24H,2,6,10H2,(H,22,25). The molecule has 0 aliphatic carbocycles. The molecule has 0 saturated heterocycles. The molecule has 0 unspecified atom stereocenters. The van der Waals surface area contributed by atoms with Gasteiger partial charge in [-0.25, -0.2) is 8.78 Å². The Morgan fingerprint density at radius 1 is 1.04 bits per heavy atom. The Labute approximate surface area is 158 Å². The van der Waals surface area contributed by atoms with Crippen molar-refractivity contribution in [3.05, 3.63) is 65.4 Å². The lowest BCUT2D eigenvalue weighted by atomic mass is 10.1. The normalized spacial score (nSPS) is 12.2. The average molecular weight is 387 g/mol. The Bertz CT molecular complexity index is 1020. The Balaban J connectivity index is 1.29. The first kappa shape index (κ1) is 17.9. The summed E-state index contributed by atoms with van der Waals surface area (Å²) in [6, 6.07) is 10.4. The van der Waals surface area contributed by atoms with Gasteiger partial charge in [-0.15, -0.1) is 0 Å². The minimum atomic E-state index is -0.963. The molecule has 4 rings (SSSR count). The van der Waals surface area contributed by atoms with Crippen LogP contribution in [0.1, 0.15) is 17.7 Å². The molecule has 9 heteroatoms. The van der Waals surface area contributed by atoms with E-state index in [9.17, 15) is 13.6 Å². The highest BCUT2D eigenvalue weighted by molar-refractivity contribution is 5.76. The van der Waals surface area contributed by atoms with E-state index in [1.165, 1.54) is 6.07 Å². The summed E-state index contributed by atoms with van der Waals surface area (Å²) in [7, 11) is 0. The Morgan fingerprint density at radius 2 is 1.89 bits per heavy atom. The summed E-state index contributed by atoms with van der Waals surface area (Å²) in [6.45, 7) is 0.139. The second-order valence-electron chi connectivity index (χ2n) is 6.15. The Morgan fingerprint density at radius 3 is 2.75 bits per heavy atom. The van der Waals surface area contributed by atoms with Gasteiger partial charge in [0.2, 0.25) is 5.91 Å². The molecular formula is C19H15F2N3O4. The van der Waals surface area contributed by atoms with Crippen LogP contribution in [0, 0.1) is 11.6 Å². The number of hydrogen-bond donors (Lipinski definition) is 2. The summed E-state index contributed by atoms with van der Waals surface area (Å²) in [5, 5.41) is 6.55. The van der Waals surface area contributed by atoms with Crippen molar-refractivity contribution in [2.24, 2.45) is 0 Å². The van der Waals surface area contributed by atoms with Gasteiger partial charge in [-0.3, -0.25) is 4.79 Å². The van der Waals surface area contributed by atoms with E-state index >= 15 is 0 Å². The van der Waals surface area contributed by atoms with E-state index in [1.807, 2.05) is 6.07 Å². The van der Waals surface area contributed by atoms with Crippen LogP contribution in [0.5, 0.6) is 11.5 Å². The molecule has 144 valence electrons. The molecule has 0 atom stereocenters. The Kier molecular flexibility index (Phi) is 4.90. The third-order valence-corrected chi connectivity index (χ3v) is 4.19. The van der Waals surface area contributed by atoms with Crippen LogP contribution in [0.3, 0.4) is 0 Å². The van der Waals surface area contributed by atoms with E-state index in [4.69, 9.17) is 14.2 Å². The molecular weight excluding hydrogens is 372 g/mol. The van der Waals surface area contributed by atoms with Crippen LogP contribution in [0.2, 0.25) is 0 Å². The van der Waals surface area contributed by atoms with Crippen LogP contribution in [0.25, 0.3) is 11.3 Å². The quantitative estimate of drug-likeness (QED) is 0.676. The number of aryl methyl sites for hydroxylation is 1. The van der Waals surface area contributed by atoms with E-state index in [2.05, 4.69) is 16.1 Å². The fourth-order valence-corrected chi connectivity index (χ4v) is 2.70. The van der Waals surface area contributed by atoms with Crippen molar-refractivity contribution in [1.29, 1.82) is 0 Å². The first-order valence-electron chi connectivity index (χ1n) is 8.48. The second-order valence-corrected chi connectivity index (χ2v) is 6.15. The van der Waals surface area contributed by atoms with Crippen molar-refractivity contribution in [3.8, 4) is 22.8 Å². The van der Waals surface area contributed by atoms with E-state index in [-0.39, 0.29) is 18.9 Å². The van der Waals surface area contributed by atoms with Crippen molar-refractivity contribution in [2.75, 3.05) is 0 Å². The first-order chi connectivity index (χ1) is 13.6. The topological polar surface area (TPSA) is 85.6 Å². The molecule has 0 fully saturated rings. The van der Waals surface area contributed by atoms with Crippen LogP contribution in [0.4, 0.5) is 8.78 Å². The zero-order valence-electron chi connectivity index (χ0n) is 14.5. The van der Waals surface area contributed by atoms with Gasteiger partial charge in [0, 0.05) is 23.7 Å². The molecule has 7 nitrogen and oxygen atoms in total. The minimum Gasteiger partial charge on any atom is -0.370 e. The van der Waals surface area contributed by atoms with Crippen LogP contribution in [-0.2, 0) is 17.8 Å². The average Bonchev–Trinajstić information content (AvgIpc) is 3.35. The fraction of sp³-hybridized carbons (Fsp3) is 0.158. The molecule has 2 heterocycles. The molecule has 1 aliphatic heterocycles. The number of aromatic nitrogens is 1. The maximum atomic E-state index is 13.3. The first-order valence-corrected chi connectivity index (χ1v) is 8.48. The minimum absolute atomic E-state index is 0.139. The number of nitrogens with one attached hydrogen (secondary N) is 2. The van der Waals surface area contributed by atoms with Gasteiger partial charge in [-0.2, -0.15) is 0 Å². The van der Waals surface area contributed by atoms with Crippen molar-refractivity contribution >= 4 is 5.91 Å². The van der Waals surface area contributed by atoms with E-state index in [0.29, 0.717) is 34.9 Å². The molecule has 1 amide bonds. The number of benzene rings is 2. The fourth-order valence-electron chi connectivity index (χ4n) is 2.70. The molecule has 1 aromatic heterocycles. The lowest BCUT2D eigenvalue weighted by molar-refractivity contribution is -0.121. The lowest BCUT2D eigenvalue weighted by Gasteiger charge is -2.04. The van der Waals surface area contributed by atoms with Crippen LogP contribution in [0.15, 0.2) is 47.0 Å². The molecule has 3 aromatic rings.